The molecule has 2 aromatic rings. The molecule has 0 aliphatic carbocycles. The first-order valence-electron chi connectivity index (χ1n) is 7.41. The van der Waals surface area contributed by atoms with Crippen LogP contribution in [0.2, 0.25) is 5.02 Å². The fraction of sp³-hybridized carbons (Fsp3) is 0.278. The van der Waals surface area contributed by atoms with E-state index >= 15 is 0 Å². The van der Waals surface area contributed by atoms with Crippen molar-refractivity contribution in [2.24, 2.45) is 0 Å². The number of hydrogen-bond acceptors (Lipinski definition) is 1. The lowest BCUT2D eigenvalue weighted by Crippen LogP contribution is -2.43. The first kappa shape index (κ1) is 15.0. The van der Waals surface area contributed by atoms with Gasteiger partial charge in [0.15, 0.2) is 0 Å². The van der Waals surface area contributed by atoms with Crippen molar-refractivity contribution < 1.29 is 9.18 Å². The highest BCUT2D eigenvalue weighted by Gasteiger charge is 2.28. The third kappa shape index (κ3) is 2.73. The number of aryl methyl sites for hydroxylation is 1. The Balaban J connectivity index is 1.92. The van der Waals surface area contributed by atoms with Gasteiger partial charge in [-0.05, 0) is 43.5 Å². The van der Waals surface area contributed by atoms with Crippen molar-refractivity contribution in [3.05, 3.63) is 64.4 Å². The Bertz CT molecular complexity index is 696. The molecule has 0 saturated heterocycles. The van der Waals surface area contributed by atoms with Gasteiger partial charge in [-0.3, -0.25) is 4.79 Å². The van der Waals surface area contributed by atoms with E-state index in [9.17, 15) is 9.18 Å². The first-order chi connectivity index (χ1) is 10.6. The largest absolute Gasteiger partial charge is 0.309 e. The molecule has 1 unspecified atom stereocenters. The molecule has 2 nitrogen and oxygen atoms in total. The van der Waals surface area contributed by atoms with Crippen molar-refractivity contribution in [1.29, 1.82) is 0 Å². The van der Waals surface area contributed by atoms with Crippen LogP contribution in [0, 0.1) is 5.82 Å². The maximum absolute atomic E-state index is 13.9. The van der Waals surface area contributed by atoms with Crippen LogP contribution >= 0.6 is 11.6 Å². The summed E-state index contributed by atoms with van der Waals surface area (Å²) in [6.07, 6.45) is 1.85. The predicted molar refractivity (Wildman–Crippen MR) is 86.8 cm³/mol. The molecule has 3 rings (SSSR count). The maximum Gasteiger partial charge on any atom is 0.231 e. The van der Waals surface area contributed by atoms with Crippen molar-refractivity contribution in [2.75, 3.05) is 4.90 Å². The molecule has 0 bridgehead atoms. The van der Waals surface area contributed by atoms with Gasteiger partial charge in [0, 0.05) is 22.3 Å². The van der Waals surface area contributed by atoms with Gasteiger partial charge in [0.2, 0.25) is 5.91 Å². The molecule has 0 aromatic heterocycles. The molecule has 0 saturated carbocycles. The van der Waals surface area contributed by atoms with Gasteiger partial charge in [0.25, 0.3) is 0 Å². The molecule has 0 N–H and O–H groups in total. The molecular weight excluding hydrogens is 301 g/mol. The van der Waals surface area contributed by atoms with E-state index in [2.05, 4.69) is 0 Å². The number of para-hydroxylation sites is 1. The molecule has 0 radical (unpaired) electrons. The summed E-state index contributed by atoms with van der Waals surface area (Å²) in [5.41, 5.74) is 2.36. The van der Waals surface area contributed by atoms with Crippen LogP contribution in [0.5, 0.6) is 0 Å². The van der Waals surface area contributed by atoms with Gasteiger partial charge >= 0.3 is 0 Å². The lowest BCUT2D eigenvalue weighted by Gasteiger charge is -2.35. The van der Waals surface area contributed by atoms with Gasteiger partial charge in [-0.25, -0.2) is 4.39 Å². The number of hydrogen-bond donors (Lipinski definition) is 0. The molecule has 2 aromatic carbocycles. The lowest BCUT2D eigenvalue weighted by atomic mass is 9.96. The zero-order valence-electron chi connectivity index (χ0n) is 12.4. The van der Waals surface area contributed by atoms with Gasteiger partial charge in [-0.2, -0.15) is 0 Å². The van der Waals surface area contributed by atoms with Crippen LogP contribution in [0.25, 0.3) is 0 Å². The van der Waals surface area contributed by atoms with Crippen LogP contribution in [0.15, 0.2) is 42.5 Å². The summed E-state index contributed by atoms with van der Waals surface area (Å²) in [7, 11) is 0. The monoisotopic (exact) mass is 317 g/mol. The van der Waals surface area contributed by atoms with Crippen LogP contribution in [0.4, 0.5) is 10.1 Å². The van der Waals surface area contributed by atoms with Crippen LogP contribution in [0.3, 0.4) is 0 Å². The minimum absolute atomic E-state index is 0.0236. The first-order valence-corrected chi connectivity index (χ1v) is 7.78. The van der Waals surface area contributed by atoms with Gasteiger partial charge in [0.05, 0.1) is 6.42 Å². The zero-order chi connectivity index (χ0) is 15.7. The van der Waals surface area contributed by atoms with Crippen molar-refractivity contribution in [3.8, 4) is 0 Å². The van der Waals surface area contributed by atoms with Gasteiger partial charge in [-0.15, -0.1) is 0 Å². The third-order valence-corrected chi connectivity index (χ3v) is 4.54. The standard InChI is InChI=1S/C18H17ClFNO/c1-12-9-10-13-5-2-3-8-17(13)21(12)18(22)11-14-15(19)6-4-7-16(14)20/h2-8,12H,9-11H2,1H3. The Hall–Kier alpha value is -1.87. The van der Waals surface area contributed by atoms with Crippen molar-refractivity contribution in [1.82, 2.24) is 0 Å². The molecular formula is C18H17ClFNO. The topological polar surface area (TPSA) is 20.3 Å². The average molecular weight is 318 g/mol. The summed E-state index contributed by atoms with van der Waals surface area (Å²) >= 11 is 6.04. The fourth-order valence-corrected chi connectivity index (χ4v) is 3.24. The normalized spacial score (nSPS) is 17.2. The summed E-state index contributed by atoms with van der Waals surface area (Å²) in [5.74, 6) is -0.551. The fourth-order valence-electron chi connectivity index (χ4n) is 3.01. The van der Waals surface area contributed by atoms with Gasteiger partial charge in [-0.1, -0.05) is 35.9 Å². The molecule has 1 atom stereocenters. The van der Waals surface area contributed by atoms with Crippen LogP contribution in [0.1, 0.15) is 24.5 Å². The smallest absolute Gasteiger partial charge is 0.231 e. The van der Waals surface area contributed by atoms with Crippen molar-refractivity contribution >= 4 is 23.2 Å². The van der Waals surface area contributed by atoms with Crippen molar-refractivity contribution in [3.63, 3.8) is 0 Å². The molecule has 22 heavy (non-hydrogen) atoms. The number of halogens is 2. The van der Waals surface area contributed by atoms with E-state index in [0.717, 1.165) is 24.1 Å². The molecule has 114 valence electrons. The van der Waals surface area contributed by atoms with Crippen LogP contribution in [-0.4, -0.2) is 11.9 Å². The number of rotatable bonds is 2. The highest BCUT2D eigenvalue weighted by molar-refractivity contribution is 6.31. The second kappa shape index (κ2) is 6.09. The van der Waals surface area contributed by atoms with Crippen LogP contribution < -0.4 is 4.90 Å². The number of anilines is 1. The molecule has 1 aliphatic rings. The number of fused-ring (bicyclic) bond motifs is 1. The number of amides is 1. The van der Waals surface area contributed by atoms with E-state index in [1.807, 2.05) is 31.2 Å². The summed E-state index contributed by atoms with van der Waals surface area (Å²) in [4.78, 5) is 14.5. The number of nitrogens with zero attached hydrogens (tertiary/aromatic N) is 1. The third-order valence-electron chi connectivity index (χ3n) is 4.18. The Labute approximate surface area is 134 Å². The summed E-state index contributed by atoms with van der Waals surface area (Å²) in [6, 6.07) is 12.5. The van der Waals surface area contributed by atoms with E-state index in [-0.39, 0.29) is 23.9 Å². The highest BCUT2D eigenvalue weighted by Crippen LogP contribution is 2.31. The number of benzene rings is 2. The van der Waals surface area contributed by atoms with Crippen LogP contribution in [-0.2, 0) is 17.6 Å². The van der Waals surface area contributed by atoms with E-state index in [1.165, 1.54) is 6.07 Å². The van der Waals surface area contributed by atoms with Gasteiger partial charge < -0.3 is 4.90 Å². The molecule has 0 spiro atoms. The summed E-state index contributed by atoms with van der Waals surface area (Å²) < 4.78 is 13.9. The van der Waals surface area contributed by atoms with Crippen molar-refractivity contribution in [2.45, 2.75) is 32.2 Å². The Morgan fingerprint density at radius 3 is 2.82 bits per heavy atom. The Morgan fingerprint density at radius 2 is 2.05 bits per heavy atom. The SMILES string of the molecule is CC1CCc2ccccc2N1C(=O)Cc1c(F)cccc1Cl. The Morgan fingerprint density at radius 1 is 1.27 bits per heavy atom. The molecule has 0 fully saturated rings. The minimum Gasteiger partial charge on any atom is -0.309 e. The van der Waals surface area contributed by atoms with E-state index in [1.54, 1.807) is 17.0 Å². The van der Waals surface area contributed by atoms with E-state index < -0.39 is 5.82 Å². The molecule has 4 heteroatoms. The number of carbonyl (C=O) groups excluding carboxylic acids is 1. The average Bonchev–Trinajstić information content (AvgIpc) is 2.51. The van der Waals surface area contributed by atoms with Gasteiger partial charge in [0.1, 0.15) is 5.82 Å². The van der Waals surface area contributed by atoms with E-state index in [4.69, 9.17) is 11.6 Å². The lowest BCUT2D eigenvalue weighted by molar-refractivity contribution is -0.118. The summed E-state index contributed by atoms with van der Waals surface area (Å²) in [5, 5.41) is 0.297. The quantitative estimate of drug-likeness (QED) is 0.804. The predicted octanol–water partition coefficient (Wildman–Crippen LogP) is 4.39. The van der Waals surface area contributed by atoms with E-state index in [0.29, 0.717) is 5.02 Å². The number of carbonyl (C=O) groups is 1. The molecule has 1 heterocycles. The minimum atomic E-state index is -0.432. The zero-order valence-corrected chi connectivity index (χ0v) is 13.1. The summed E-state index contributed by atoms with van der Waals surface area (Å²) in [6.45, 7) is 2.02. The second-order valence-corrected chi connectivity index (χ2v) is 6.06. The highest BCUT2D eigenvalue weighted by atomic mass is 35.5. The second-order valence-electron chi connectivity index (χ2n) is 5.66. The molecule has 1 amide bonds. The molecule has 1 aliphatic heterocycles. The Kier molecular flexibility index (Phi) is 4.16. The maximum atomic E-state index is 13.9.